The Bertz CT molecular complexity index is 5370. The first-order valence-electron chi connectivity index (χ1n) is 31.4. The van der Waals surface area contributed by atoms with Crippen molar-refractivity contribution in [3.63, 3.8) is 0 Å². The van der Waals surface area contributed by atoms with Crippen LogP contribution in [0.3, 0.4) is 0 Å². The van der Waals surface area contributed by atoms with E-state index in [2.05, 4.69) is 161 Å². The van der Waals surface area contributed by atoms with Gasteiger partial charge in [-0.2, -0.15) is 0 Å². The SMILES string of the molecule is Cn1c(-c2cncc(-c3[nH]c4ccccc4[n+]3C)c2)nc2ccccc21.Cn1c(-c2cncc(-c3[nH]c4ccccc4[n+]3C)c2)nc2ccccc21.O.O.O=C(O)c1cc(C(=O)O)c(C(=O)O)cc1C(=O)O.O=C([O-])c1cc(C(=O)[O-])c(C(=O)O)cc1C(=O)O.c1cc2ccc3cccc4ccc(c1)c2c34. The first-order chi connectivity index (χ1) is 49.9. The zero-order chi connectivity index (χ0) is 73.9. The minimum Gasteiger partial charge on any atom is -0.545 e. The van der Waals surface area contributed by atoms with Crippen LogP contribution in [0.2, 0.25) is 0 Å². The number of aromatic amines is 2. The third-order valence-corrected chi connectivity index (χ3v) is 17.4. The second-order valence-electron chi connectivity index (χ2n) is 23.6. The monoisotopic (exact) mass is 1420 g/mol. The number of carbonyl (C=O) groups excluding carboxylic acids is 2. The molecule has 0 unspecified atom stereocenters. The van der Waals surface area contributed by atoms with Gasteiger partial charge in [0.05, 0.1) is 92.6 Å². The lowest BCUT2D eigenvalue weighted by Crippen LogP contribution is -2.29. The molecule has 0 spiro atoms. The van der Waals surface area contributed by atoms with Crippen molar-refractivity contribution in [2.24, 2.45) is 28.2 Å². The molecular weight excluding hydrogens is 1360 g/mol. The van der Waals surface area contributed by atoms with E-state index in [1.807, 2.05) is 99.5 Å². The summed E-state index contributed by atoms with van der Waals surface area (Å²) in [5.74, 6) is -10.1. The summed E-state index contributed by atoms with van der Waals surface area (Å²) in [6, 6.07) is 60.9. The van der Waals surface area contributed by atoms with Crippen LogP contribution < -0.4 is 19.3 Å². The molecule has 0 saturated carbocycles. The lowest BCUT2D eigenvalue weighted by molar-refractivity contribution is -0.633. The average Bonchev–Trinajstić information content (AvgIpc) is 1.15. The van der Waals surface area contributed by atoms with Crippen molar-refractivity contribution >= 4 is 124 Å². The number of carbonyl (C=O) groups is 8. The van der Waals surface area contributed by atoms with Crippen LogP contribution in [0.5, 0.6) is 0 Å². The van der Waals surface area contributed by atoms with Gasteiger partial charge in [0.1, 0.15) is 11.6 Å². The summed E-state index contributed by atoms with van der Waals surface area (Å²) in [5.41, 5.74) is 6.05. The molecule has 6 heterocycles. The van der Waals surface area contributed by atoms with Crippen molar-refractivity contribution in [2.45, 2.75) is 0 Å². The molecule has 0 amide bonds. The number of nitrogens with one attached hydrogen (secondary N) is 2. The van der Waals surface area contributed by atoms with Gasteiger partial charge in [-0.3, -0.25) is 9.97 Å². The van der Waals surface area contributed by atoms with Crippen LogP contribution >= 0.6 is 0 Å². The Morgan fingerprint density at radius 1 is 0.358 bits per heavy atom. The Kier molecular flexibility index (Phi) is 21.2. The summed E-state index contributed by atoms with van der Waals surface area (Å²) in [6.45, 7) is 0. The Morgan fingerprint density at radius 2 is 0.642 bits per heavy atom. The van der Waals surface area contributed by atoms with Gasteiger partial charge in [0, 0.05) is 61.1 Å². The van der Waals surface area contributed by atoms with E-state index in [-0.39, 0.29) is 11.0 Å². The maximum atomic E-state index is 10.8. The molecule has 28 nitrogen and oxygen atoms in total. The minimum atomic E-state index is -1.94. The molecule has 0 atom stereocenters. The fraction of sp³-hybridized carbons (Fsp3) is 0.0513. The number of fused-ring (bicyclic) bond motifs is 4. The molecule has 0 saturated heterocycles. The van der Waals surface area contributed by atoms with Crippen molar-refractivity contribution in [1.29, 1.82) is 0 Å². The van der Waals surface area contributed by atoms with E-state index in [9.17, 15) is 48.6 Å². The van der Waals surface area contributed by atoms with Gasteiger partial charge in [0.15, 0.2) is 22.1 Å². The normalized spacial score (nSPS) is 10.7. The smallest absolute Gasteiger partial charge is 0.336 e. The predicted octanol–water partition coefficient (Wildman–Crippen LogP) is 8.44. The topological polar surface area (TPSA) is 468 Å². The van der Waals surface area contributed by atoms with Crippen LogP contribution in [0.4, 0.5) is 0 Å². The maximum absolute atomic E-state index is 10.8. The van der Waals surface area contributed by atoms with Crippen molar-refractivity contribution in [2.75, 3.05) is 0 Å². The third-order valence-electron chi connectivity index (χ3n) is 17.4. The number of hydrogen-bond donors (Lipinski definition) is 8. The molecule has 106 heavy (non-hydrogen) atoms. The number of aryl methyl sites for hydroxylation is 4. The van der Waals surface area contributed by atoms with Gasteiger partial charge < -0.3 is 70.5 Å². The minimum absolute atomic E-state index is 0. The molecule has 16 aromatic rings. The van der Waals surface area contributed by atoms with E-state index in [1.165, 1.54) is 32.3 Å². The number of aromatic carboxylic acids is 8. The number of hydrogen-bond acceptors (Lipinski definition) is 14. The summed E-state index contributed by atoms with van der Waals surface area (Å²) in [6.07, 6.45) is 7.51. The fourth-order valence-electron chi connectivity index (χ4n) is 12.4. The summed E-state index contributed by atoms with van der Waals surface area (Å²) < 4.78 is 8.54. The second-order valence-corrected chi connectivity index (χ2v) is 23.6. The number of carboxylic acids is 8. The molecule has 0 aliphatic rings. The second kappa shape index (κ2) is 30.5. The van der Waals surface area contributed by atoms with Crippen molar-refractivity contribution < 1.29 is 99.3 Å². The van der Waals surface area contributed by atoms with Gasteiger partial charge in [-0.1, -0.05) is 109 Å². The lowest BCUT2D eigenvalue weighted by atomic mass is 9.95. The number of pyridine rings is 2. The van der Waals surface area contributed by atoms with Crippen LogP contribution in [-0.2, 0) is 28.2 Å². The number of aromatic nitrogens is 10. The van der Waals surface area contributed by atoms with Crippen molar-refractivity contribution in [3.05, 3.63) is 263 Å². The summed E-state index contributed by atoms with van der Waals surface area (Å²) >= 11 is 0. The standard InChI is InChI=1S/2C21H17N5.C16H10.2C10H6O8.2H2O/c2*1-25-18-9-5-3-7-16(18)23-20(25)14-11-15(13-22-12-14)21-24-17-8-4-6-10-19(17)26(21)2;1-3-11-7-9-13-5-2-6-14-10-8-12(4-1)15(11)16(13)14;2*11-7(12)3-1-4(8(13)14)6(10(17)18)2-5(3)9(15)16;;/h2*3-13H,1-2H3;1-10H;2*1-2H,(H,11,12)(H,13,14)(H,15,16)(H,17,18);2*1H2. The molecule has 28 heteroatoms. The molecule has 10 aromatic carbocycles. The summed E-state index contributed by atoms with van der Waals surface area (Å²) in [4.78, 5) is 111. The number of rotatable bonds is 12. The highest BCUT2D eigenvalue weighted by atomic mass is 16.4. The van der Waals surface area contributed by atoms with Crippen LogP contribution in [-0.4, -0.2) is 128 Å². The zero-order valence-electron chi connectivity index (χ0n) is 56.1. The lowest BCUT2D eigenvalue weighted by Gasteiger charge is -2.13. The maximum Gasteiger partial charge on any atom is 0.336 e. The largest absolute Gasteiger partial charge is 0.545 e. The highest BCUT2D eigenvalue weighted by molar-refractivity contribution is 6.23. The Morgan fingerprint density at radius 3 is 0.943 bits per heavy atom. The molecular formula is C78H60N10O18. The molecule has 0 aliphatic heterocycles. The van der Waals surface area contributed by atoms with Crippen LogP contribution in [0.1, 0.15) is 82.9 Å². The molecule has 0 radical (unpaired) electrons. The van der Waals surface area contributed by atoms with E-state index in [0.29, 0.717) is 24.3 Å². The summed E-state index contributed by atoms with van der Waals surface area (Å²) in [7, 11) is 8.21. The van der Waals surface area contributed by atoms with E-state index in [0.717, 1.165) is 89.7 Å². The highest BCUT2D eigenvalue weighted by Gasteiger charge is 2.27. The first kappa shape index (κ1) is 73.8. The molecule has 16 rings (SSSR count). The fourth-order valence-corrected chi connectivity index (χ4v) is 12.4. The Hall–Kier alpha value is -14.9. The Labute approximate surface area is 597 Å². The number of benzene rings is 10. The highest BCUT2D eigenvalue weighted by Crippen LogP contribution is 2.35. The van der Waals surface area contributed by atoms with E-state index >= 15 is 0 Å². The van der Waals surface area contributed by atoms with Gasteiger partial charge in [-0.05, 0) is 117 Å². The molecule has 0 aliphatic carbocycles. The number of para-hydroxylation sites is 8. The number of H-pyrrole nitrogens is 2. The van der Waals surface area contributed by atoms with Gasteiger partial charge >= 0.3 is 35.8 Å². The molecule has 530 valence electrons. The molecule has 0 fully saturated rings. The Balaban J connectivity index is 0.000000143. The quantitative estimate of drug-likeness (QED) is 0.0420. The van der Waals surface area contributed by atoms with Gasteiger partial charge in [0.2, 0.25) is 0 Å². The van der Waals surface area contributed by atoms with E-state index in [4.69, 9.17) is 40.6 Å². The van der Waals surface area contributed by atoms with Gasteiger partial charge in [0.25, 0.3) is 11.6 Å². The molecule has 6 aromatic heterocycles. The van der Waals surface area contributed by atoms with Gasteiger partial charge in [-0.15, -0.1) is 0 Å². The van der Waals surface area contributed by atoms with Crippen molar-refractivity contribution in [1.82, 2.24) is 39.0 Å². The van der Waals surface area contributed by atoms with Gasteiger partial charge in [-0.25, -0.2) is 57.8 Å². The molecule has 12 N–H and O–H groups in total. The number of carboxylic acid groups (broad SMARTS) is 8. The third kappa shape index (κ3) is 14.4. The average molecular weight is 1430 g/mol. The predicted molar refractivity (Wildman–Crippen MR) is 386 cm³/mol. The summed E-state index contributed by atoms with van der Waals surface area (Å²) in [5, 5.41) is 81.8. The van der Waals surface area contributed by atoms with E-state index in [1.54, 1.807) is 0 Å². The van der Waals surface area contributed by atoms with Crippen molar-refractivity contribution in [3.8, 4) is 45.6 Å². The van der Waals surface area contributed by atoms with Crippen LogP contribution in [0.25, 0.3) is 122 Å². The van der Waals surface area contributed by atoms with E-state index < -0.39 is 92.3 Å². The zero-order valence-corrected chi connectivity index (χ0v) is 56.1. The number of nitrogens with zero attached hydrogens (tertiary/aromatic N) is 8. The van der Waals surface area contributed by atoms with Crippen LogP contribution in [0, 0.1) is 0 Å². The first-order valence-corrected chi connectivity index (χ1v) is 31.4. The number of imidazole rings is 4. The molecule has 0 bridgehead atoms. The van der Waals surface area contributed by atoms with Crippen LogP contribution in [0.15, 0.2) is 219 Å².